The van der Waals surface area contributed by atoms with Gasteiger partial charge in [-0.3, -0.25) is 0 Å². The van der Waals surface area contributed by atoms with Crippen LogP contribution in [-0.4, -0.2) is 50.3 Å². The number of carbonyl (C=O) groups excluding carboxylic acids is 3. The van der Waals surface area contributed by atoms with E-state index in [1.165, 1.54) is 21.3 Å². The first-order chi connectivity index (χ1) is 20.9. The third-order valence-corrected chi connectivity index (χ3v) is 6.29. The Labute approximate surface area is 266 Å². The second-order valence-electron chi connectivity index (χ2n) is 9.22. The van der Waals surface area contributed by atoms with Crippen LogP contribution in [0.3, 0.4) is 0 Å². The Morgan fingerprint density at radius 1 is 0.545 bits per heavy atom. The molecule has 0 spiro atoms. The molecule has 0 aromatic heterocycles. The van der Waals surface area contributed by atoms with Gasteiger partial charge in [0.05, 0.1) is 43.6 Å². The average molecular weight is 666 g/mol. The lowest BCUT2D eigenvalue weighted by Gasteiger charge is -2.00. The minimum atomic E-state index is -0.872. The molecule has 0 unspecified atom stereocenters. The number of carboxylic acids is 1. The number of ether oxygens (including phenoxy) is 3. The van der Waals surface area contributed by atoms with Crippen molar-refractivity contribution < 1.29 is 38.5 Å². The molecule has 0 atom stereocenters. The number of methoxy groups -OCH3 is 3. The van der Waals surface area contributed by atoms with Crippen LogP contribution >= 0.6 is 15.9 Å². The predicted octanol–water partition coefficient (Wildman–Crippen LogP) is 7.62. The Balaban J connectivity index is 0.000000294. The number of rotatable bonds is 5. The highest BCUT2D eigenvalue weighted by molar-refractivity contribution is 9.08. The minimum absolute atomic E-state index is 0.284. The Kier molecular flexibility index (Phi) is 17.1. The molecule has 8 nitrogen and oxygen atoms in total. The molecule has 4 rings (SSSR count). The van der Waals surface area contributed by atoms with E-state index >= 15 is 0 Å². The Morgan fingerprint density at radius 3 is 1.16 bits per heavy atom. The molecule has 0 saturated carbocycles. The Morgan fingerprint density at radius 2 is 0.864 bits per heavy atom. The van der Waals surface area contributed by atoms with E-state index in [1.54, 1.807) is 54.6 Å². The fraction of sp³-hybridized carbons (Fsp3) is 0.200. The summed E-state index contributed by atoms with van der Waals surface area (Å²) in [6.45, 7) is 5.74. The van der Waals surface area contributed by atoms with Gasteiger partial charge in [0.15, 0.2) is 0 Å². The van der Waals surface area contributed by atoms with Crippen molar-refractivity contribution >= 4 is 39.8 Å². The second-order valence-corrected chi connectivity index (χ2v) is 9.78. The van der Waals surface area contributed by atoms with Crippen molar-refractivity contribution in [3.8, 4) is 0 Å². The van der Waals surface area contributed by atoms with Crippen LogP contribution in [0, 0.1) is 20.8 Å². The fourth-order valence-corrected chi connectivity index (χ4v) is 3.81. The monoisotopic (exact) mass is 664 g/mol. The molecule has 0 radical (unpaired) electrons. The number of carboxylic acid groups (broad SMARTS) is 1. The number of alkyl halides is 1. The number of aryl methyl sites for hydroxylation is 3. The van der Waals surface area contributed by atoms with Crippen LogP contribution in [0.2, 0.25) is 0 Å². The lowest BCUT2D eigenvalue weighted by atomic mass is 10.1. The Hall–Kier alpha value is -4.76. The maximum atomic E-state index is 11.0. The van der Waals surface area contributed by atoms with Crippen molar-refractivity contribution in [1.29, 1.82) is 0 Å². The van der Waals surface area contributed by atoms with E-state index in [9.17, 15) is 19.2 Å². The van der Waals surface area contributed by atoms with Gasteiger partial charge < -0.3 is 19.3 Å². The lowest BCUT2D eigenvalue weighted by molar-refractivity contribution is 0.0592. The number of esters is 3. The molecule has 4 aromatic carbocycles. The third kappa shape index (κ3) is 13.9. The van der Waals surface area contributed by atoms with E-state index in [4.69, 9.17) is 5.11 Å². The number of hydrogen-bond acceptors (Lipinski definition) is 7. The van der Waals surface area contributed by atoms with Crippen LogP contribution in [0.25, 0.3) is 0 Å². The van der Waals surface area contributed by atoms with E-state index in [0.29, 0.717) is 22.3 Å². The van der Waals surface area contributed by atoms with Crippen LogP contribution in [-0.2, 0) is 19.5 Å². The smallest absolute Gasteiger partial charge is 0.337 e. The van der Waals surface area contributed by atoms with Gasteiger partial charge in [-0.05, 0) is 74.9 Å². The summed E-state index contributed by atoms with van der Waals surface area (Å²) < 4.78 is 13.7. The highest BCUT2D eigenvalue weighted by Gasteiger charge is 2.05. The summed E-state index contributed by atoms with van der Waals surface area (Å²) in [7, 11) is 4.14. The zero-order valence-electron chi connectivity index (χ0n) is 25.6. The van der Waals surface area contributed by atoms with E-state index in [-0.39, 0.29) is 17.9 Å². The molecule has 232 valence electrons. The van der Waals surface area contributed by atoms with Gasteiger partial charge in [0.25, 0.3) is 0 Å². The van der Waals surface area contributed by atoms with Crippen molar-refractivity contribution in [2.75, 3.05) is 21.3 Å². The molecular weight excluding hydrogens is 628 g/mol. The molecular formula is C35H37BrO8. The summed E-state index contributed by atoms with van der Waals surface area (Å²) in [5.74, 6) is -1.73. The highest BCUT2D eigenvalue weighted by atomic mass is 79.9. The topological polar surface area (TPSA) is 116 Å². The van der Waals surface area contributed by atoms with Gasteiger partial charge >= 0.3 is 23.9 Å². The van der Waals surface area contributed by atoms with E-state index in [2.05, 4.69) is 30.1 Å². The van der Waals surface area contributed by atoms with Gasteiger partial charge in [0, 0.05) is 5.33 Å². The molecule has 1 N–H and O–H groups in total. The molecule has 0 aliphatic rings. The molecule has 4 aromatic rings. The summed E-state index contributed by atoms with van der Waals surface area (Å²) in [6.07, 6.45) is 0. The summed E-state index contributed by atoms with van der Waals surface area (Å²) in [6, 6.07) is 28.8. The van der Waals surface area contributed by atoms with Crippen LogP contribution in [0.5, 0.6) is 0 Å². The summed E-state index contributed by atoms with van der Waals surface area (Å²) in [5, 5.41) is 9.26. The minimum Gasteiger partial charge on any atom is -0.478 e. The van der Waals surface area contributed by atoms with Crippen molar-refractivity contribution in [1.82, 2.24) is 0 Å². The maximum absolute atomic E-state index is 11.0. The first-order valence-corrected chi connectivity index (χ1v) is 14.4. The number of aromatic carboxylic acids is 1. The fourth-order valence-electron chi connectivity index (χ4n) is 3.46. The molecule has 44 heavy (non-hydrogen) atoms. The van der Waals surface area contributed by atoms with Gasteiger partial charge in [-0.2, -0.15) is 0 Å². The number of carbonyl (C=O) groups is 4. The normalized spacial score (nSPS) is 9.34. The largest absolute Gasteiger partial charge is 0.478 e. The number of hydrogen-bond donors (Lipinski definition) is 1. The van der Waals surface area contributed by atoms with Gasteiger partial charge in [-0.25, -0.2) is 19.2 Å². The first kappa shape index (κ1) is 37.3. The third-order valence-electron chi connectivity index (χ3n) is 5.65. The van der Waals surface area contributed by atoms with Crippen LogP contribution in [0.4, 0.5) is 0 Å². The standard InChI is InChI=1S/C9H9BrO2.2C9H10O2.C8H8O2/c1-12-9(11)8-4-2-3-7(5-8)6-10;2*1-7-4-3-5-8(6-7)9(10)11-2;1-6-3-2-4-7(5-6)8(9)10/h2-5H,6H2,1H3;2*3-6H,1-2H3;2-5H,1H3,(H,9,10). The van der Waals surface area contributed by atoms with Crippen molar-refractivity contribution in [3.63, 3.8) is 0 Å². The van der Waals surface area contributed by atoms with Gasteiger partial charge in [0.2, 0.25) is 0 Å². The molecule has 0 saturated heterocycles. The van der Waals surface area contributed by atoms with Crippen molar-refractivity contribution in [2.24, 2.45) is 0 Å². The molecule has 0 fully saturated rings. The van der Waals surface area contributed by atoms with Crippen molar-refractivity contribution in [2.45, 2.75) is 26.1 Å². The molecule has 9 heteroatoms. The molecule has 0 aliphatic carbocycles. The first-order valence-electron chi connectivity index (χ1n) is 13.3. The van der Waals surface area contributed by atoms with Crippen molar-refractivity contribution in [3.05, 3.63) is 142 Å². The van der Waals surface area contributed by atoms with Gasteiger partial charge in [0.1, 0.15) is 0 Å². The maximum Gasteiger partial charge on any atom is 0.337 e. The summed E-state index contributed by atoms with van der Waals surface area (Å²) in [4.78, 5) is 43.3. The molecule has 0 heterocycles. The predicted molar refractivity (Wildman–Crippen MR) is 174 cm³/mol. The molecule has 0 aliphatic heterocycles. The number of benzene rings is 4. The van der Waals surface area contributed by atoms with E-state index in [0.717, 1.165) is 27.6 Å². The van der Waals surface area contributed by atoms with Crippen LogP contribution in [0.15, 0.2) is 97.1 Å². The zero-order valence-corrected chi connectivity index (χ0v) is 27.2. The zero-order chi connectivity index (χ0) is 33.1. The molecule has 0 bridgehead atoms. The van der Waals surface area contributed by atoms with E-state index in [1.807, 2.05) is 63.2 Å². The second kappa shape index (κ2) is 20.2. The molecule has 0 amide bonds. The van der Waals surface area contributed by atoms with Crippen LogP contribution < -0.4 is 0 Å². The summed E-state index contributed by atoms with van der Waals surface area (Å²) >= 11 is 3.31. The SMILES string of the molecule is COC(=O)c1cccc(C)c1.COC(=O)c1cccc(C)c1.COC(=O)c1cccc(CBr)c1.Cc1cccc(C(=O)O)c1. The quantitative estimate of drug-likeness (QED) is 0.132. The van der Waals surface area contributed by atoms with Gasteiger partial charge in [-0.1, -0.05) is 81.2 Å². The Bertz CT molecular complexity index is 1470. The van der Waals surface area contributed by atoms with E-state index < -0.39 is 5.97 Å². The average Bonchev–Trinajstić information content (AvgIpc) is 3.04. The highest BCUT2D eigenvalue weighted by Crippen LogP contribution is 2.09. The van der Waals surface area contributed by atoms with Gasteiger partial charge in [-0.15, -0.1) is 0 Å². The summed E-state index contributed by atoms with van der Waals surface area (Å²) in [5.41, 5.74) is 6.31. The van der Waals surface area contributed by atoms with Crippen LogP contribution in [0.1, 0.15) is 63.7 Å². The lowest BCUT2D eigenvalue weighted by Crippen LogP contribution is -2.00. The number of halogens is 1.